The van der Waals surface area contributed by atoms with Gasteiger partial charge in [0.25, 0.3) is 0 Å². The first-order valence-electron chi connectivity index (χ1n) is 6.83. The van der Waals surface area contributed by atoms with Crippen molar-refractivity contribution in [1.29, 1.82) is 0 Å². The summed E-state index contributed by atoms with van der Waals surface area (Å²) in [6, 6.07) is 17.3. The molecule has 0 amide bonds. The van der Waals surface area contributed by atoms with E-state index in [1.54, 1.807) is 18.0 Å². The minimum absolute atomic E-state index is 0.465. The van der Waals surface area contributed by atoms with Gasteiger partial charge in [-0.25, -0.2) is 4.68 Å². The predicted molar refractivity (Wildman–Crippen MR) is 85.8 cm³/mol. The van der Waals surface area contributed by atoms with Gasteiger partial charge in [-0.2, -0.15) is 5.10 Å². The van der Waals surface area contributed by atoms with Crippen LogP contribution in [-0.2, 0) is 6.54 Å². The Kier molecular flexibility index (Phi) is 4.30. The van der Waals surface area contributed by atoms with Gasteiger partial charge in [0.2, 0.25) is 0 Å². The van der Waals surface area contributed by atoms with E-state index in [1.807, 2.05) is 54.6 Å². The van der Waals surface area contributed by atoms with Crippen molar-refractivity contribution in [2.75, 3.05) is 7.11 Å². The predicted octanol–water partition coefficient (Wildman–Crippen LogP) is 4.39. The van der Waals surface area contributed by atoms with Crippen molar-refractivity contribution in [1.82, 2.24) is 9.78 Å². The number of para-hydroxylation sites is 1. The molecule has 22 heavy (non-hydrogen) atoms. The molecule has 4 nitrogen and oxygen atoms in total. The molecule has 5 heteroatoms. The number of benzene rings is 2. The molecule has 1 aromatic heterocycles. The summed E-state index contributed by atoms with van der Waals surface area (Å²) >= 11 is 6.34. The fraction of sp³-hybridized carbons (Fsp3) is 0.118. The largest absolute Gasteiger partial charge is 0.497 e. The number of hydrogen-bond donors (Lipinski definition) is 0. The lowest BCUT2D eigenvalue weighted by Crippen LogP contribution is -2.01. The molecule has 0 unspecified atom stereocenters. The van der Waals surface area contributed by atoms with Gasteiger partial charge in [0.15, 0.2) is 10.9 Å². The third-order valence-electron chi connectivity index (χ3n) is 3.18. The van der Waals surface area contributed by atoms with Crippen LogP contribution in [-0.4, -0.2) is 16.9 Å². The average molecular weight is 315 g/mol. The molecule has 0 aliphatic rings. The second-order valence-electron chi connectivity index (χ2n) is 4.72. The summed E-state index contributed by atoms with van der Waals surface area (Å²) in [5, 5.41) is 4.75. The molecule has 0 atom stereocenters. The van der Waals surface area contributed by atoms with Gasteiger partial charge in [0, 0.05) is 0 Å². The van der Waals surface area contributed by atoms with Crippen molar-refractivity contribution in [3.05, 3.63) is 71.5 Å². The summed E-state index contributed by atoms with van der Waals surface area (Å²) in [6.45, 7) is 0.550. The molecule has 0 aliphatic carbocycles. The van der Waals surface area contributed by atoms with Crippen LogP contribution in [0.5, 0.6) is 17.2 Å². The smallest absolute Gasteiger partial charge is 0.184 e. The molecule has 0 spiro atoms. The molecule has 2 aromatic carbocycles. The SMILES string of the molecule is COc1cccc(Cn2ncc(Oc3ccccc3)c2Cl)c1. The van der Waals surface area contributed by atoms with Crippen molar-refractivity contribution in [3.8, 4) is 17.2 Å². The molecule has 0 saturated carbocycles. The summed E-state index contributed by atoms with van der Waals surface area (Å²) < 4.78 is 12.6. The Morgan fingerprint density at radius 3 is 2.59 bits per heavy atom. The summed E-state index contributed by atoms with van der Waals surface area (Å²) in [6.07, 6.45) is 1.62. The Bertz CT molecular complexity index is 756. The van der Waals surface area contributed by atoms with Crippen molar-refractivity contribution in [3.63, 3.8) is 0 Å². The van der Waals surface area contributed by atoms with E-state index in [0.717, 1.165) is 17.1 Å². The highest BCUT2D eigenvalue weighted by Crippen LogP contribution is 2.29. The van der Waals surface area contributed by atoms with E-state index in [9.17, 15) is 0 Å². The molecular weight excluding hydrogens is 300 g/mol. The lowest BCUT2D eigenvalue weighted by Gasteiger charge is -2.07. The molecule has 0 bridgehead atoms. The van der Waals surface area contributed by atoms with E-state index < -0.39 is 0 Å². The Hall–Kier alpha value is -2.46. The van der Waals surface area contributed by atoms with Crippen LogP contribution in [0.3, 0.4) is 0 Å². The van der Waals surface area contributed by atoms with Gasteiger partial charge in [-0.1, -0.05) is 41.9 Å². The maximum absolute atomic E-state index is 6.34. The normalized spacial score (nSPS) is 10.5. The number of halogens is 1. The molecule has 1 heterocycles. The maximum Gasteiger partial charge on any atom is 0.184 e. The lowest BCUT2D eigenvalue weighted by atomic mass is 10.2. The van der Waals surface area contributed by atoms with Crippen LogP contribution in [0.2, 0.25) is 5.15 Å². The second-order valence-corrected chi connectivity index (χ2v) is 5.08. The van der Waals surface area contributed by atoms with E-state index >= 15 is 0 Å². The number of aromatic nitrogens is 2. The van der Waals surface area contributed by atoms with Crippen LogP contribution in [0.4, 0.5) is 0 Å². The van der Waals surface area contributed by atoms with Gasteiger partial charge in [0.1, 0.15) is 11.5 Å². The van der Waals surface area contributed by atoms with Gasteiger partial charge in [-0.3, -0.25) is 0 Å². The van der Waals surface area contributed by atoms with Crippen molar-refractivity contribution < 1.29 is 9.47 Å². The van der Waals surface area contributed by atoms with Crippen molar-refractivity contribution in [2.45, 2.75) is 6.54 Å². The summed E-state index contributed by atoms with van der Waals surface area (Å²) in [5.41, 5.74) is 1.05. The zero-order valence-corrected chi connectivity index (χ0v) is 12.8. The Labute approximate surface area is 133 Å². The minimum atomic E-state index is 0.465. The molecule has 3 aromatic rings. The standard InChI is InChI=1S/C17H15ClN2O2/c1-21-15-9-5-6-13(10-15)12-20-17(18)16(11-19-20)22-14-7-3-2-4-8-14/h2-11H,12H2,1H3. The number of ether oxygens (including phenoxy) is 2. The quantitative estimate of drug-likeness (QED) is 0.701. The van der Waals surface area contributed by atoms with Gasteiger partial charge in [-0.05, 0) is 29.8 Å². The monoisotopic (exact) mass is 314 g/mol. The maximum atomic E-state index is 6.34. The molecule has 0 fully saturated rings. The van der Waals surface area contributed by atoms with E-state index in [1.165, 1.54) is 0 Å². The lowest BCUT2D eigenvalue weighted by molar-refractivity contribution is 0.414. The summed E-state index contributed by atoms with van der Waals surface area (Å²) in [5.74, 6) is 2.07. The van der Waals surface area contributed by atoms with E-state index in [2.05, 4.69) is 5.10 Å². The molecule has 0 radical (unpaired) electrons. The summed E-state index contributed by atoms with van der Waals surface area (Å²) in [4.78, 5) is 0. The van der Waals surface area contributed by atoms with Crippen LogP contribution in [0.15, 0.2) is 60.8 Å². The third-order valence-corrected chi connectivity index (χ3v) is 3.56. The first-order chi connectivity index (χ1) is 10.8. The van der Waals surface area contributed by atoms with E-state index in [0.29, 0.717) is 17.4 Å². The fourth-order valence-electron chi connectivity index (χ4n) is 2.09. The van der Waals surface area contributed by atoms with Crippen LogP contribution in [0.1, 0.15) is 5.56 Å². The van der Waals surface area contributed by atoms with E-state index in [-0.39, 0.29) is 0 Å². The van der Waals surface area contributed by atoms with Gasteiger partial charge >= 0.3 is 0 Å². The topological polar surface area (TPSA) is 36.3 Å². The first kappa shape index (κ1) is 14.5. The van der Waals surface area contributed by atoms with E-state index in [4.69, 9.17) is 21.1 Å². The average Bonchev–Trinajstić information content (AvgIpc) is 2.89. The number of rotatable bonds is 5. The molecule has 112 valence electrons. The molecule has 0 N–H and O–H groups in total. The number of hydrogen-bond acceptors (Lipinski definition) is 3. The third kappa shape index (κ3) is 3.23. The van der Waals surface area contributed by atoms with Crippen LogP contribution >= 0.6 is 11.6 Å². The van der Waals surface area contributed by atoms with Crippen molar-refractivity contribution in [2.24, 2.45) is 0 Å². The van der Waals surface area contributed by atoms with Crippen LogP contribution in [0.25, 0.3) is 0 Å². The highest BCUT2D eigenvalue weighted by Gasteiger charge is 2.11. The van der Waals surface area contributed by atoms with Crippen molar-refractivity contribution >= 4 is 11.6 Å². The molecule has 0 saturated heterocycles. The molecule has 3 rings (SSSR count). The Balaban J connectivity index is 1.78. The second kappa shape index (κ2) is 6.54. The van der Waals surface area contributed by atoms with Gasteiger partial charge < -0.3 is 9.47 Å². The zero-order chi connectivity index (χ0) is 15.4. The highest BCUT2D eigenvalue weighted by atomic mass is 35.5. The Morgan fingerprint density at radius 1 is 1.05 bits per heavy atom. The fourth-order valence-corrected chi connectivity index (χ4v) is 2.28. The number of nitrogens with zero attached hydrogens (tertiary/aromatic N) is 2. The minimum Gasteiger partial charge on any atom is -0.497 e. The van der Waals surface area contributed by atoms with Gasteiger partial charge in [-0.15, -0.1) is 0 Å². The molecular formula is C17H15ClN2O2. The Morgan fingerprint density at radius 2 is 1.82 bits per heavy atom. The number of methoxy groups -OCH3 is 1. The zero-order valence-electron chi connectivity index (χ0n) is 12.1. The summed E-state index contributed by atoms with van der Waals surface area (Å²) in [7, 11) is 1.64. The van der Waals surface area contributed by atoms with Crippen LogP contribution < -0.4 is 9.47 Å². The van der Waals surface area contributed by atoms with Gasteiger partial charge in [0.05, 0.1) is 19.9 Å². The van der Waals surface area contributed by atoms with Crippen LogP contribution in [0, 0.1) is 0 Å². The molecule has 0 aliphatic heterocycles. The first-order valence-corrected chi connectivity index (χ1v) is 7.21. The highest BCUT2D eigenvalue weighted by molar-refractivity contribution is 6.31.